The number of phenolic OH excluding ortho intramolecular Hbond substituents is 1. The average Bonchev–Trinajstić information content (AvgIpc) is 2.88. The number of hydrogen-bond acceptors (Lipinski definition) is 7. The summed E-state index contributed by atoms with van der Waals surface area (Å²) in [4.78, 5) is 51.3. The van der Waals surface area contributed by atoms with E-state index in [9.17, 15) is 24.3 Å². The van der Waals surface area contributed by atoms with E-state index in [-0.39, 0.29) is 24.5 Å². The fraction of sp³-hybridized carbons (Fsp3) is 0.630. The molecule has 37 heavy (non-hydrogen) atoms. The van der Waals surface area contributed by atoms with Gasteiger partial charge in [-0.3, -0.25) is 24.5 Å². The number of nitrogens with one attached hydrogen (secondary N) is 3. The molecule has 208 valence electrons. The lowest BCUT2D eigenvalue weighted by atomic mass is 9.97. The molecule has 1 aromatic rings. The van der Waals surface area contributed by atoms with Crippen molar-refractivity contribution in [2.75, 3.05) is 6.54 Å². The van der Waals surface area contributed by atoms with Gasteiger partial charge < -0.3 is 27.2 Å². The van der Waals surface area contributed by atoms with Crippen molar-refractivity contribution in [2.45, 2.75) is 96.7 Å². The number of amides is 4. The summed E-state index contributed by atoms with van der Waals surface area (Å²) >= 11 is 0. The highest BCUT2D eigenvalue weighted by molar-refractivity contribution is 6.00. The van der Waals surface area contributed by atoms with Crippen LogP contribution in [0.3, 0.4) is 0 Å². The third-order valence-electron chi connectivity index (χ3n) is 6.38. The van der Waals surface area contributed by atoms with Gasteiger partial charge in [0.25, 0.3) is 0 Å². The molecule has 0 radical (unpaired) electrons. The van der Waals surface area contributed by atoms with Gasteiger partial charge in [0.2, 0.25) is 23.6 Å². The maximum Gasteiger partial charge on any atom is 0.249 e. The van der Waals surface area contributed by atoms with E-state index in [1.54, 1.807) is 12.1 Å². The van der Waals surface area contributed by atoms with E-state index in [1.807, 2.05) is 20.8 Å². The minimum atomic E-state index is -1.00. The Hall–Kier alpha value is -2.98. The Balaban J connectivity index is 2.99. The monoisotopic (exact) mass is 519 g/mol. The molecule has 0 aliphatic rings. The molecule has 0 spiro atoms. The van der Waals surface area contributed by atoms with E-state index in [0.29, 0.717) is 31.4 Å². The first kappa shape index (κ1) is 32.0. The number of benzene rings is 1. The molecule has 4 atom stereocenters. The van der Waals surface area contributed by atoms with Crippen LogP contribution in [0.25, 0.3) is 0 Å². The van der Waals surface area contributed by atoms with Crippen LogP contribution in [0.1, 0.15) is 77.7 Å². The lowest BCUT2D eigenvalue weighted by Crippen LogP contribution is -2.58. The van der Waals surface area contributed by atoms with Crippen LogP contribution in [0.5, 0.6) is 5.75 Å². The van der Waals surface area contributed by atoms with Crippen LogP contribution in [0.2, 0.25) is 0 Å². The predicted molar refractivity (Wildman–Crippen MR) is 143 cm³/mol. The number of imide groups is 1. The second-order valence-electron chi connectivity index (χ2n) is 9.56. The fourth-order valence-corrected chi connectivity index (χ4v) is 3.75. The zero-order valence-corrected chi connectivity index (χ0v) is 22.4. The van der Waals surface area contributed by atoms with Gasteiger partial charge in [0.05, 0.1) is 6.04 Å². The molecule has 0 aliphatic carbocycles. The first-order chi connectivity index (χ1) is 17.6. The van der Waals surface area contributed by atoms with Crippen molar-refractivity contribution in [1.29, 1.82) is 0 Å². The topological polar surface area (TPSA) is 177 Å². The summed E-state index contributed by atoms with van der Waals surface area (Å²) in [6.45, 7) is 6.24. The molecule has 0 unspecified atom stereocenters. The molecule has 0 saturated carbocycles. The van der Waals surface area contributed by atoms with Crippen molar-refractivity contribution < 1.29 is 24.3 Å². The summed E-state index contributed by atoms with van der Waals surface area (Å²) in [6, 6.07) is 3.57. The van der Waals surface area contributed by atoms with Crippen LogP contribution in [-0.4, -0.2) is 53.4 Å². The molecule has 0 aliphatic heterocycles. The number of phenols is 1. The fourth-order valence-electron chi connectivity index (χ4n) is 3.75. The summed E-state index contributed by atoms with van der Waals surface area (Å²) < 4.78 is 0. The van der Waals surface area contributed by atoms with Gasteiger partial charge in [0, 0.05) is 12.8 Å². The van der Waals surface area contributed by atoms with Crippen LogP contribution < -0.4 is 27.4 Å². The summed E-state index contributed by atoms with van der Waals surface area (Å²) in [5.74, 6) is -2.17. The summed E-state index contributed by atoms with van der Waals surface area (Å²) in [5.41, 5.74) is 12.2. The normalized spacial score (nSPS) is 14.2. The first-order valence-corrected chi connectivity index (χ1v) is 13.3. The van der Waals surface area contributed by atoms with Crippen molar-refractivity contribution in [3.63, 3.8) is 0 Å². The third-order valence-corrected chi connectivity index (χ3v) is 6.38. The van der Waals surface area contributed by atoms with Crippen LogP contribution >= 0.6 is 0 Å². The second-order valence-corrected chi connectivity index (χ2v) is 9.56. The van der Waals surface area contributed by atoms with E-state index < -0.39 is 41.8 Å². The van der Waals surface area contributed by atoms with E-state index in [1.165, 1.54) is 12.1 Å². The molecule has 0 fully saturated rings. The van der Waals surface area contributed by atoms with Crippen molar-refractivity contribution >= 4 is 23.6 Å². The molecule has 0 saturated heterocycles. The SMILES string of the molecule is CCCC[C@H](N)C(=O)N[C@@H](Cc1ccc(O)cc1)C(=O)N[C@H](C(=O)NC(=O)CCCCCN)[C@@H](C)CC. The van der Waals surface area contributed by atoms with Gasteiger partial charge in [-0.1, -0.05) is 58.6 Å². The third kappa shape index (κ3) is 12.2. The zero-order valence-electron chi connectivity index (χ0n) is 22.4. The standard InChI is InChI=1S/C27H45N5O5/c1-4-6-10-21(29)25(35)30-22(17-19-12-14-20(33)15-13-19)26(36)32-24(18(3)5-2)27(37)31-23(34)11-8-7-9-16-28/h12-15,18,21-22,24,33H,4-11,16-17,28-29H2,1-3H3,(H,30,35)(H,32,36)(H,31,34,37)/t18-,21-,22-,24-/m0/s1. The molecule has 4 amide bonds. The smallest absolute Gasteiger partial charge is 0.249 e. The molecule has 10 heteroatoms. The van der Waals surface area contributed by atoms with Gasteiger partial charge in [-0.2, -0.15) is 0 Å². The lowest BCUT2D eigenvalue weighted by Gasteiger charge is -2.27. The second kappa shape index (κ2) is 17.5. The molecule has 10 nitrogen and oxygen atoms in total. The van der Waals surface area contributed by atoms with Crippen LogP contribution in [0.4, 0.5) is 0 Å². The van der Waals surface area contributed by atoms with Gasteiger partial charge in [-0.25, -0.2) is 0 Å². The van der Waals surface area contributed by atoms with E-state index in [0.717, 1.165) is 25.7 Å². The summed E-state index contributed by atoms with van der Waals surface area (Å²) in [6.07, 6.45) is 5.29. The van der Waals surface area contributed by atoms with Gasteiger partial charge >= 0.3 is 0 Å². The molecule has 0 heterocycles. The highest BCUT2D eigenvalue weighted by atomic mass is 16.3. The lowest BCUT2D eigenvalue weighted by molar-refractivity contribution is -0.136. The summed E-state index contributed by atoms with van der Waals surface area (Å²) in [7, 11) is 0. The minimum Gasteiger partial charge on any atom is -0.508 e. The number of hydrogen-bond donors (Lipinski definition) is 6. The molecule has 0 aromatic heterocycles. The Morgan fingerprint density at radius 2 is 1.59 bits per heavy atom. The zero-order chi connectivity index (χ0) is 27.8. The first-order valence-electron chi connectivity index (χ1n) is 13.3. The molecular weight excluding hydrogens is 474 g/mol. The van der Waals surface area contributed by atoms with Crippen molar-refractivity contribution in [3.05, 3.63) is 29.8 Å². The largest absolute Gasteiger partial charge is 0.508 e. The van der Waals surface area contributed by atoms with Crippen LogP contribution in [0, 0.1) is 5.92 Å². The van der Waals surface area contributed by atoms with Gasteiger partial charge in [0.1, 0.15) is 17.8 Å². The maximum atomic E-state index is 13.4. The van der Waals surface area contributed by atoms with E-state index in [4.69, 9.17) is 11.5 Å². The molecular formula is C27H45N5O5. The number of carbonyl (C=O) groups excluding carboxylic acids is 4. The number of unbranched alkanes of at least 4 members (excludes halogenated alkanes) is 3. The number of nitrogens with two attached hydrogens (primary N) is 2. The van der Waals surface area contributed by atoms with Gasteiger partial charge in [-0.15, -0.1) is 0 Å². The van der Waals surface area contributed by atoms with Crippen molar-refractivity contribution in [3.8, 4) is 5.75 Å². The Labute approximate surface area is 220 Å². The predicted octanol–water partition coefficient (Wildman–Crippen LogP) is 1.63. The molecule has 0 bridgehead atoms. The van der Waals surface area contributed by atoms with E-state index >= 15 is 0 Å². The highest BCUT2D eigenvalue weighted by Crippen LogP contribution is 2.13. The van der Waals surface area contributed by atoms with E-state index in [2.05, 4.69) is 16.0 Å². The Kier molecular flexibility index (Phi) is 15.1. The van der Waals surface area contributed by atoms with Gasteiger partial charge in [-0.05, 0) is 49.4 Å². The minimum absolute atomic E-state index is 0.0802. The van der Waals surface area contributed by atoms with Crippen molar-refractivity contribution in [2.24, 2.45) is 17.4 Å². The quantitative estimate of drug-likeness (QED) is 0.169. The van der Waals surface area contributed by atoms with Crippen molar-refractivity contribution in [1.82, 2.24) is 16.0 Å². The summed E-state index contributed by atoms with van der Waals surface area (Å²) in [5, 5.41) is 17.4. The molecule has 1 rings (SSSR count). The Bertz CT molecular complexity index is 861. The number of rotatable bonds is 17. The molecule has 8 N–H and O–H groups in total. The maximum absolute atomic E-state index is 13.4. The van der Waals surface area contributed by atoms with Crippen LogP contribution in [0.15, 0.2) is 24.3 Å². The average molecular weight is 520 g/mol. The highest BCUT2D eigenvalue weighted by Gasteiger charge is 2.31. The Morgan fingerprint density at radius 3 is 2.19 bits per heavy atom. The molecule has 1 aromatic carbocycles. The number of aromatic hydroxyl groups is 1. The number of carbonyl (C=O) groups is 4. The van der Waals surface area contributed by atoms with Crippen LogP contribution in [-0.2, 0) is 25.6 Å². The Morgan fingerprint density at radius 1 is 0.919 bits per heavy atom. The van der Waals surface area contributed by atoms with Gasteiger partial charge in [0.15, 0.2) is 0 Å².